The van der Waals surface area contributed by atoms with Gasteiger partial charge in [0.1, 0.15) is 5.75 Å². The van der Waals surface area contributed by atoms with Gasteiger partial charge in [-0.1, -0.05) is 13.0 Å². The van der Waals surface area contributed by atoms with Crippen LogP contribution in [0.25, 0.3) is 0 Å². The van der Waals surface area contributed by atoms with Crippen LogP contribution in [0.15, 0.2) is 18.2 Å². The summed E-state index contributed by atoms with van der Waals surface area (Å²) in [6.07, 6.45) is 6.34. The van der Waals surface area contributed by atoms with Gasteiger partial charge < -0.3 is 9.29 Å². The third kappa shape index (κ3) is 2.44. The molecule has 1 aromatic rings. The van der Waals surface area contributed by atoms with E-state index in [0.717, 1.165) is 38.5 Å². The van der Waals surface area contributed by atoms with Crippen LogP contribution >= 0.6 is 0 Å². The molecule has 4 nitrogen and oxygen atoms in total. The van der Waals surface area contributed by atoms with Crippen LogP contribution in [-0.2, 0) is 17.8 Å². The van der Waals surface area contributed by atoms with Crippen LogP contribution in [0.1, 0.15) is 56.1 Å². The van der Waals surface area contributed by atoms with E-state index in [0.29, 0.717) is 23.5 Å². The molecule has 0 aromatic heterocycles. The Bertz CT molecular complexity index is 646. The Balaban J connectivity index is 1.63. The molecule has 4 rings (SSSR count). The molecule has 23 heavy (non-hydrogen) atoms. The minimum Gasteiger partial charge on any atom is -0.393 e. The highest BCUT2D eigenvalue weighted by atomic mass is 32.2. The third-order valence-corrected chi connectivity index (χ3v) is 7.15. The summed E-state index contributed by atoms with van der Waals surface area (Å²) in [5.74, 6) is 2.33. The maximum Gasteiger partial charge on any atom is 0.357 e. The number of hydrogen-bond acceptors (Lipinski definition) is 3. The minimum atomic E-state index is -2.27. The van der Waals surface area contributed by atoms with Crippen LogP contribution in [0.2, 0.25) is 0 Å². The molecule has 3 aliphatic carbocycles. The molecule has 1 aromatic carbocycles. The number of fused-ring (bicyclic) bond motifs is 5. The molecule has 6 atom stereocenters. The van der Waals surface area contributed by atoms with Crippen molar-refractivity contribution in [2.24, 2.45) is 17.3 Å². The fourth-order valence-corrected chi connectivity index (χ4v) is 5.93. The molecule has 2 saturated carbocycles. The largest absolute Gasteiger partial charge is 0.393 e. The van der Waals surface area contributed by atoms with Crippen molar-refractivity contribution in [3.8, 4) is 5.75 Å². The zero-order valence-electron chi connectivity index (χ0n) is 13.4. The van der Waals surface area contributed by atoms with Crippen LogP contribution < -0.4 is 4.18 Å². The highest BCUT2D eigenvalue weighted by Gasteiger charge is 2.54. The average Bonchev–Trinajstić information content (AvgIpc) is 2.82. The first-order chi connectivity index (χ1) is 11.0. The summed E-state index contributed by atoms with van der Waals surface area (Å²) in [5, 5.41) is 10.4. The summed E-state index contributed by atoms with van der Waals surface area (Å²) in [5.41, 5.74) is 2.76. The fraction of sp³-hybridized carbons (Fsp3) is 0.667. The average molecular weight is 336 g/mol. The number of aryl methyl sites for hydroxylation is 1. The van der Waals surface area contributed by atoms with Gasteiger partial charge in [-0.2, -0.15) is 4.21 Å². The van der Waals surface area contributed by atoms with E-state index in [-0.39, 0.29) is 11.5 Å². The number of aliphatic hydroxyl groups excluding tert-OH is 1. The first-order valence-electron chi connectivity index (χ1n) is 8.59. The Labute approximate surface area is 139 Å². The summed E-state index contributed by atoms with van der Waals surface area (Å²) in [4.78, 5) is 0. The number of hydrogen-bond donors (Lipinski definition) is 2. The predicted octanol–water partition coefficient (Wildman–Crippen LogP) is 3.42. The van der Waals surface area contributed by atoms with Crippen LogP contribution in [0.5, 0.6) is 5.75 Å². The summed E-state index contributed by atoms with van der Waals surface area (Å²) in [6.45, 7) is 2.29. The van der Waals surface area contributed by atoms with Crippen LogP contribution in [0.3, 0.4) is 0 Å². The molecule has 0 bridgehead atoms. The third-order valence-electron chi connectivity index (χ3n) is 6.82. The lowest BCUT2D eigenvalue weighted by Gasteiger charge is -2.50. The molecule has 0 amide bonds. The SMILES string of the molecule is C[C@]12CCC3c4ccc(OS(=O)O)cc4CCC3C1CC[C@H]2O. The lowest BCUT2D eigenvalue weighted by molar-refractivity contribution is -0.0226. The highest BCUT2D eigenvalue weighted by Crippen LogP contribution is 2.60. The van der Waals surface area contributed by atoms with E-state index < -0.39 is 11.4 Å². The smallest absolute Gasteiger partial charge is 0.357 e. The van der Waals surface area contributed by atoms with Gasteiger partial charge in [-0.25, -0.2) is 0 Å². The van der Waals surface area contributed by atoms with Gasteiger partial charge in [-0.3, -0.25) is 4.55 Å². The number of aliphatic hydroxyl groups is 1. The van der Waals surface area contributed by atoms with Crippen LogP contribution in [0, 0.1) is 17.3 Å². The van der Waals surface area contributed by atoms with Gasteiger partial charge in [0, 0.05) is 0 Å². The molecule has 5 heteroatoms. The van der Waals surface area contributed by atoms with Gasteiger partial charge in [0.25, 0.3) is 0 Å². The summed E-state index contributed by atoms with van der Waals surface area (Å²) < 4.78 is 24.6. The first-order valence-corrected chi connectivity index (χ1v) is 9.62. The molecule has 126 valence electrons. The molecule has 0 spiro atoms. The molecule has 0 saturated heterocycles. The summed E-state index contributed by atoms with van der Waals surface area (Å²) in [6, 6.07) is 5.83. The Kier molecular flexibility index (Phi) is 3.78. The first kappa shape index (κ1) is 15.6. The van der Waals surface area contributed by atoms with Gasteiger partial charge in [0.15, 0.2) is 0 Å². The summed E-state index contributed by atoms with van der Waals surface area (Å²) in [7, 11) is 0. The van der Waals surface area contributed by atoms with E-state index in [2.05, 4.69) is 13.0 Å². The Morgan fingerprint density at radius 2 is 2.09 bits per heavy atom. The molecule has 0 radical (unpaired) electrons. The molecule has 3 aliphatic rings. The van der Waals surface area contributed by atoms with Gasteiger partial charge in [0.05, 0.1) is 6.10 Å². The lowest BCUT2D eigenvalue weighted by atomic mass is 9.55. The quantitative estimate of drug-likeness (QED) is 0.812. The van der Waals surface area contributed by atoms with E-state index >= 15 is 0 Å². The van der Waals surface area contributed by atoms with E-state index in [9.17, 15) is 9.32 Å². The van der Waals surface area contributed by atoms with Gasteiger partial charge in [-0.05, 0) is 85.0 Å². The zero-order valence-corrected chi connectivity index (χ0v) is 14.2. The van der Waals surface area contributed by atoms with E-state index in [4.69, 9.17) is 8.74 Å². The van der Waals surface area contributed by atoms with Crippen molar-refractivity contribution in [2.75, 3.05) is 0 Å². The van der Waals surface area contributed by atoms with Gasteiger partial charge >= 0.3 is 11.4 Å². The molecular formula is C18H24O4S. The maximum atomic E-state index is 10.8. The maximum absolute atomic E-state index is 10.8. The summed E-state index contributed by atoms with van der Waals surface area (Å²) >= 11 is -2.27. The predicted molar refractivity (Wildman–Crippen MR) is 88.5 cm³/mol. The highest BCUT2D eigenvalue weighted by molar-refractivity contribution is 7.74. The Hall–Kier alpha value is -0.910. The Morgan fingerprint density at radius 3 is 2.87 bits per heavy atom. The molecule has 0 heterocycles. The van der Waals surface area contributed by atoms with Crippen molar-refractivity contribution in [1.82, 2.24) is 0 Å². The molecule has 2 N–H and O–H groups in total. The number of rotatable bonds is 2. The van der Waals surface area contributed by atoms with Crippen LogP contribution in [0.4, 0.5) is 0 Å². The fourth-order valence-electron chi connectivity index (χ4n) is 5.67. The zero-order chi connectivity index (χ0) is 16.2. The standard InChI is InChI=1S/C18H24O4S/c1-18-9-8-14-13-5-3-12(22-23(20)21)10-11(13)2-4-15(14)16(18)6-7-17(18)19/h3,5,10,14-17,19H,2,4,6-9H2,1H3,(H,20,21)/t14?,15?,16?,17-,18+/m1/s1. The van der Waals surface area contributed by atoms with E-state index in [1.165, 1.54) is 11.1 Å². The molecular weight excluding hydrogens is 312 g/mol. The molecule has 2 fully saturated rings. The second kappa shape index (κ2) is 5.57. The monoisotopic (exact) mass is 336 g/mol. The number of benzene rings is 1. The van der Waals surface area contributed by atoms with Crippen molar-refractivity contribution < 1.29 is 18.1 Å². The topological polar surface area (TPSA) is 66.8 Å². The second-order valence-electron chi connectivity index (χ2n) is 7.71. The van der Waals surface area contributed by atoms with Crippen molar-refractivity contribution >= 4 is 11.4 Å². The van der Waals surface area contributed by atoms with E-state index in [1.54, 1.807) is 0 Å². The van der Waals surface area contributed by atoms with Gasteiger partial charge in [0.2, 0.25) is 0 Å². The van der Waals surface area contributed by atoms with Crippen molar-refractivity contribution in [3.63, 3.8) is 0 Å². The van der Waals surface area contributed by atoms with Crippen LogP contribution in [-0.4, -0.2) is 20.0 Å². The van der Waals surface area contributed by atoms with Crippen molar-refractivity contribution in [3.05, 3.63) is 29.3 Å². The van der Waals surface area contributed by atoms with E-state index in [1.807, 2.05) is 12.1 Å². The van der Waals surface area contributed by atoms with Crippen molar-refractivity contribution in [1.29, 1.82) is 0 Å². The van der Waals surface area contributed by atoms with Crippen molar-refractivity contribution in [2.45, 2.75) is 57.5 Å². The molecule has 0 aliphatic heterocycles. The van der Waals surface area contributed by atoms with Gasteiger partial charge in [-0.15, -0.1) is 0 Å². The normalized spacial score (nSPS) is 40.0. The Morgan fingerprint density at radius 1 is 1.26 bits per heavy atom. The minimum absolute atomic E-state index is 0.107. The molecule has 4 unspecified atom stereocenters. The second-order valence-corrected chi connectivity index (χ2v) is 8.32. The lowest BCUT2D eigenvalue weighted by Crippen LogP contribution is -2.43.